The van der Waals surface area contributed by atoms with Crippen LogP contribution < -0.4 is 14.8 Å². The molecule has 0 fully saturated rings. The smallest absolute Gasteiger partial charge is 0.261 e. The topological polar surface area (TPSA) is 84.5 Å². The molecule has 0 radical (unpaired) electrons. The minimum absolute atomic E-state index is 0.0458. The zero-order valence-electron chi connectivity index (χ0n) is 16.1. The van der Waals surface area contributed by atoms with Crippen molar-refractivity contribution in [3.8, 4) is 5.75 Å². The van der Waals surface area contributed by atoms with Crippen LogP contribution in [0, 0.1) is 0 Å². The minimum Gasteiger partial charge on any atom is -0.492 e. The average molecular weight is 477 g/mol. The predicted molar refractivity (Wildman–Crippen MR) is 120 cm³/mol. The molecule has 3 aromatic carbocycles. The third kappa shape index (κ3) is 4.63. The number of fused-ring (bicyclic) bond motifs is 1. The number of nitrogens with one attached hydrogen (secondary N) is 2. The molecule has 0 aliphatic carbocycles. The van der Waals surface area contributed by atoms with E-state index in [-0.39, 0.29) is 27.2 Å². The predicted octanol–water partition coefficient (Wildman–Crippen LogP) is 5.05. The highest BCUT2D eigenvalue weighted by atomic mass is 35.5. The van der Waals surface area contributed by atoms with Crippen molar-refractivity contribution >= 4 is 44.8 Å². The first-order valence-corrected chi connectivity index (χ1v) is 11.7. The van der Waals surface area contributed by atoms with Crippen LogP contribution in [-0.4, -0.2) is 20.9 Å². The molecule has 0 bridgehead atoms. The largest absolute Gasteiger partial charge is 0.492 e. The van der Waals surface area contributed by atoms with E-state index in [4.69, 9.17) is 27.9 Å². The molecule has 1 amide bonds. The Kier molecular flexibility index (Phi) is 6.09. The van der Waals surface area contributed by atoms with E-state index in [2.05, 4.69) is 10.0 Å². The van der Waals surface area contributed by atoms with Crippen LogP contribution in [0.25, 0.3) is 0 Å². The molecule has 9 heteroatoms. The SMILES string of the molecule is O=C(NC1CCOc2c(Cl)cccc21)c1cccc(S(=O)(=O)Nc2ccccc2Cl)c1. The highest BCUT2D eigenvalue weighted by molar-refractivity contribution is 7.92. The monoisotopic (exact) mass is 476 g/mol. The Hall–Kier alpha value is -2.74. The summed E-state index contributed by atoms with van der Waals surface area (Å²) in [4.78, 5) is 12.8. The van der Waals surface area contributed by atoms with E-state index in [1.165, 1.54) is 18.2 Å². The van der Waals surface area contributed by atoms with Gasteiger partial charge in [-0.3, -0.25) is 9.52 Å². The maximum Gasteiger partial charge on any atom is 0.261 e. The fourth-order valence-corrected chi connectivity index (χ4v) is 4.93. The Labute approximate surface area is 190 Å². The number of hydrogen-bond donors (Lipinski definition) is 2. The van der Waals surface area contributed by atoms with Gasteiger partial charge in [0.15, 0.2) is 0 Å². The van der Waals surface area contributed by atoms with Crippen LogP contribution in [0.2, 0.25) is 10.0 Å². The number of benzene rings is 3. The normalized spacial score (nSPS) is 15.5. The molecule has 0 saturated heterocycles. The lowest BCUT2D eigenvalue weighted by atomic mass is 10.00. The highest BCUT2D eigenvalue weighted by Crippen LogP contribution is 2.37. The molecule has 31 heavy (non-hydrogen) atoms. The Bertz CT molecular complexity index is 1250. The highest BCUT2D eigenvalue weighted by Gasteiger charge is 2.25. The van der Waals surface area contributed by atoms with Gasteiger partial charge in [0.1, 0.15) is 5.75 Å². The summed E-state index contributed by atoms with van der Waals surface area (Å²) in [5.41, 5.74) is 1.27. The van der Waals surface area contributed by atoms with Crippen LogP contribution in [0.3, 0.4) is 0 Å². The average Bonchev–Trinajstić information content (AvgIpc) is 2.76. The van der Waals surface area contributed by atoms with Crippen molar-refractivity contribution in [3.05, 3.63) is 87.9 Å². The molecule has 160 valence electrons. The van der Waals surface area contributed by atoms with E-state index in [0.717, 1.165) is 5.56 Å². The lowest BCUT2D eigenvalue weighted by Gasteiger charge is -2.27. The molecule has 0 spiro atoms. The van der Waals surface area contributed by atoms with Crippen molar-refractivity contribution in [2.24, 2.45) is 0 Å². The Morgan fingerprint density at radius 2 is 1.71 bits per heavy atom. The Morgan fingerprint density at radius 1 is 0.968 bits per heavy atom. The third-order valence-electron chi connectivity index (χ3n) is 4.86. The van der Waals surface area contributed by atoms with Crippen molar-refractivity contribution in [2.75, 3.05) is 11.3 Å². The van der Waals surface area contributed by atoms with E-state index in [0.29, 0.717) is 23.8 Å². The zero-order chi connectivity index (χ0) is 22.0. The molecular weight excluding hydrogens is 459 g/mol. The number of sulfonamides is 1. The van der Waals surface area contributed by atoms with E-state index in [1.54, 1.807) is 42.5 Å². The van der Waals surface area contributed by atoms with Crippen LogP contribution in [-0.2, 0) is 10.0 Å². The summed E-state index contributed by atoms with van der Waals surface area (Å²) in [7, 11) is -3.93. The molecule has 0 aromatic heterocycles. The standard InChI is InChI=1S/C22H18Cl2N2O4S/c23-17-8-1-2-10-20(17)26-31(28,29)15-6-3-5-14(13-15)22(27)25-19-11-12-30-21-16(19)7-4-9-18(21)24/h1-10,13,19,26H,11-12H2,(H,25,27). The van der Waals surface area contributed by atoms with Gasteiger partial charge >= 0.3 is 0 Å². The molecule has 1 heterocycles. The molecule has 4 rings (SSSR count). The minimum atomic E-state index is -3.93. The fourth-order valence-electron chi connectivity index (χ4n) is 3.33. The second-order valence-electron chi connectivity index (χ2n) is 6.93. The van der Waals surface area contributed by atoms with E-state index >= 15 is 0 Å². The summed E-state index contributed by atoms with van der Waals surface area (Å²) in [6.45, 7) is 0.415. The summed E-state index contributed by atoms with van der Waals surface area (Å²) >= 11 is 12.2. The van der Waals surface area contributed by atoms with Crippen molar-refractivity contribution in [2.45, 2.75) is 17.4 Å². The van der Waals surface area contributed by atoms with Crippen molar-refractivity contribution < 1.29 is 17.9 Å². The number of carbonyl (C=O) groups is 1. The summed E-state index contributed by atoms with van der Waals surface area (Å²) < 4.78 is 33.6. The van der Waals surface area contributed by atoms with Crippen LogP contribution in [0.15, 0.2) is 71.6 Å². The summed E-state index contributed by atoms with van der Waals surface area (Å²) in [6.07, 6.45) is 0.575. The summed E-state index contributed by atoms with van der Waals surface area (Å²) in [5, 5.41) is 3.70. The zero-order valence-corrected chi connectivity index (χ0v) is 18.5. The number of amides is 1. The molecule has 6 nitrogen and oxygen atoms in total. The second-order valence-corrected chi connectivity index (χ2v) is 9.43. The van der Waals surface area contributed by atoms with Gasteiger partial charge in [-0.2, -0.15) is 0 Å². The number of anilines is 1. The van der Waals surface area contributed by atoms with Crippen LogP contribution >= 0.6 is 23.2 Å². The van der Waals surface area contributed by atoms with Gasteiger partial charge in [0.2, 0.25) is 0 Å². The number of hydrogen-bond acceptors (Lipinski definition) is 4. The summed E-state index contributed by atoms with van der Waals surface area (Å²) in [5.74, 6) is 0.161. The third-order valence-corrected chi connectivity index (χ3v) is 6.85. The number of ether oxygens (including phenoxy) is 1. The van der Waals surface area contributed by atoms with Gasteiger partial charge in [-0.05, 0) is 36.4 Å². The van der Waals surface area contributed by atoms with Crippen molar-refractivity contribution in [1.29, 1.82) is 0 Å². The molecule has 1 atom stereocenters. The number of rotatable bonds is 5. The quantitative estimate of drug-likeness (QED) is 0.539. The van der Waals surface area contributed by atoms with Gasteiger partial charge in [-0.15, -0.1) is 0 Å². The lowest BCUT2D eigenvalue weighted by Crippen LogP contribution is -2.32. The van der Waals surface area contributed by atoms with E-state index < -0.39 is 15.9 Å². The van der Waals surface area contributed by atoms with Gasteiger partial charge in [0, 0.05) is 17.5 Å². The molecule has 3 aromatic rings. The van der Waals surface area contributed by atoms with Crippen LogP contribution in [0.4, 0.5) is 5.69 Å². The molecule has 1 unspecified atom stereocenters. The Balaban J connectivity index is 1.56. The number of para-hydroxylation sites is 2. The van der Waals surface area contributed by atoms with Crippen LogP contribution in [0.1, 0.15) is 28.4 Å². The maximum absolute atomic E-state index is 12.9. The van der Waals surface area contributed by atoms with Gasteiger partial charge in [0.05, 0.1) is 33.3 Å². The van der Waals surface area contributed by atoms with Gasteiger partial charge in [0.25, 0.3) is 15.9 Å². The molecule has 0 saturated carbocycles. The van der Waals surface area contributed by atoms with Crippen LogP contribution in [0.5, 0.6) is 5.75 Å². The van der Waals surface area contributed by atoms with Crippen molar-refractivity contribution in [1.82, 2.24) is 5.32 Å². The summed E-state index contributed by atoms with van der Waals surface area (Å²) in [6, 6.07) is 17.4. The number of halogens is 2. The van der Waals surface area contributed by atoms with Gasteiger partial charge < -0.3 is 10.1 Å². The Morgan fingerprint density at radius 3 is 2.52 bits per heavy atom. The van der Waals surface area contributed by atoms with E-state index in [9.17, 15) is 13.2 Å². The molecular formula is C22H18Cl2N2O4S. The first-order valence-electron chi connectivity index (χ1n) is 9.44. The molecule has 1 aliphatic heterocycles. The van der Waals surface area contributed by atoms with Gasteiger partial charge in [-0.1, -0.05) is 53.5 Å². The molecule has 2 N–H and O–H groups in total. The first kappa shape index (κ1) is 21.5. The molecule has 1 aliphatic rings. The first-order chi connectivity index (χ1) is 14.8. The van der Waals surface area contributed by atoms with E-state index in [1.807, 2.05) is 6.07 Å². The fraction of sp³-hybridized carbons (Fsp3) is 0.136. The second kappa shape index (κ2) is 8.78. The van der Waals surface area contributed by atoms with Crippen molar-refractivity contribution in [3.63, 3.8) is 0 Å². The lowest BCUT2D eigenvalue weighted by molar-refractivity contribution is 0.0924. The number of carbonyl (C=O) groups excluding carboxylic acids is 1. The maximum atomic E-state index is 12.9. The van der Waals surface area contributed by atoms with Gasteiger partial charge in [-0.25, -0.2) is 8.42 Å².